The smallest absolute Gasteiger partial charge is 0.267 e. The van der Waals surface area contributed by atoms with Crippen molar-refractivity contribution in [3.05, 3.63) is 46.4 Å². The molecule has 0 aliphatic carbocycles. The first-order valence-corrected chi connectivity index (χ1v) is 6.80. The van der Waals surface area contributed by atoms with Crippen LogP contribution < -0.4 is 10.6 Å². The fourth-order valence-electron chi connectivity index (χ4n) is 1.98. The summed E-state index contributed by atoms with van der Waals surface area (Å²) in [5, 5.41) is 22.5. The number of aliphatic hydroxyl groups is 1. The van der Waals surface area contributed by atoms with E-state index in [9.17, 15) is 9.18 Å². The molecular weight excluding hydrogens is 297 g/mol. The fraction of sp³-hybridized carbons (Fsp3) is 0.286. The molecule has 112 valence electrons. The van der Waals surface area contributed by atoms with Crippen LogP contribution in [0, 0.1) is 11.2 Å². The van der Waals surface area contributed by atoms with E-state index < -0.39 is 5.82 Å². The molecule has 0 bridgehead atoms. The van der Waals surface area contributed by atoms with E-state index in [4.69, 9.17) is 22.1 Å². The van der Waals surface area contributed by atoms with Crippen molar-refractivity contribution in [3.63, 3.8) is 0 Å². The molecule has 1 saturated heterocycles. The van der Waals surface area contributed by atoms with Gasteiger partial charge in [-0.15, -0.1) is 0 Å². The number of carbonyl (C=O) groups is 1. The van der Waals surface area contributed by atoms with E-state index in [1.165, 1.54) is 24.3 Å². The first-order chi connectivity index (χ1) is 10.0. The summed E-state index contributed by atoms with van der Waals surface area (Å²) < 4.78 is 13.1. The van der Waals surface area contributed by atoms with Crippen LogP contribution in [-0.4, -0.2) is 35.9 Å². The van der Waals surface area contributed by atoms with Gasteiger partial charge < -0.3 is 21.1 Å². The third-order valence-electron chi connectivity index (χ3n) is 3.11. The van der Waals surface area contributed by atoms with E-state index in [0.717, 1.165) is 0 Å². The van der Waals surface area contributed by atoms with E-state index in [2.05, 4.69) is 10.6 Å². The van der Waals surface area contributed by atoms with Crippen molar-refractivity contribution in [1.29, 1.82) is 5.41 Å². The summed E-state index contributed by atoms with van der Waals surface area (Å²) in [7, 11) is 0. The molecule has 1 aromatic rings. The maximum Gasteiger partial charge on any atom is 0.267 e. The molecule has 0 saturated carbocycles. The van der Waals surface area contributed by atoms with Crippen LogP contribution in [0.15, 0.2) is 30.0 Å². The molecule has 1 aromatic carbocycles. The fourth-order valence-corrected chi connectivity index (χ4v) is 2.16. The highest BCUT2D eigenvalue weighted by Crippen LogP contribution is 2.17. The number of hydrogen-bond acceptors (Lipinski definition) is 4. The molecule has 4 N–H and O–H groups in total. The number of carbonyl (C=O) groups excluding carboxylic acids is 1. The van der Waals surface area contributed by atoms with Crippen molar-refractivity contribution < 1.29 is 14.3 Å². The van der Waals surface area contributed by atoms with Crippen molar-refractivity contribution >= 4 is 23.2 Å². The summed E-state index contributed by atoms with van der Waals surface area (Å²) in [4.78, 5) is 11.7. The minimum Gasteiger partial charge on any atom is -0.396 e. The molecule has 1 unspecified atom stereocenters. The number of halogens is 2. The van der Waals surface area contributed by atoms with Crippen LogP contribution in [0.2, 0.25) is 5.02 Å². The van der Waals surface area contributed by atoms with E-state index >= 15 is 0 Å². The first kappa shape index (κ1) is 15.5. The average Bonchev–Trinajstić information content (AvgIpc) is 2.45. The molecule has 1 aliphatic rings. The van der Waals surface area contributed by atoms with E-state index in [0.29, 0.717) is 18.5 Å². The molecule has 21 heavy (non-hydrogen) atoms. The number of allylic oxidation sites excluding steroid dienone is 1. The molecule has 2 rings (SSSR count). The van der Waals surface area contributed by atoms with Gasteiger partial charge in [0.05, 0.1) is 10.7 Å². The van der Waals surface area contributed by atoms with Gasteiger partial charge in [0, 0.05) is 24.8 Å². The second kappa shape index (κ2) is 6.69. The Morgan fingerprint density at radius 2 is 2.33 bits per heavy atom. The van der Waals surface area contributed by atoms with Gasteiger partial charge in [0.1, 0.15) is 11.5 Å². The van der Waals surface area contributed by atoms with Crippen molar-refractivity contribution in [1.82, 2.24) is 10.6 Å². The number of amides is 1. The maximum absolute atomic E-state index is 13.1. The van der Waals surface area contributed by atoms with E-state index in [1.807, 2.05) is 0 Å². The SMILES string of the molecule is N=C(/C=C1\NC(CCO)CNC1=O)c1ccc(F)c(Cl)c1. The van der Waals surface area contributed by atoms with Gasteiger partial charge in [0.15, 0.2) is 0 Å². The lowest BCUT2D eigenvalue weighted by atomic mass is 10.1. The summed E-state index contributed by atoms with van der Waals surface area (Å²) in [5.74, 6) is -0.875. The zero-order valence-electron chi connectivity index (χ0n) is 11.1. The van der Waals surface area contributed by atoms with E-state index in [1.54, 1.807) is 0 Å². The van der Waals surface area contributed by atoms with Gasteiger partial charge in [-0.2, -0.15) is 0 Å². The predicted octanol–water partition coefficient (Wildman–Crippen LogP) is 1.20. The lowest BCUT2D eigenvalue weighted by molar-refractivity contribution is -0.119. The van der Waals surface area contributed by atoms with Gasteiger partial charge >= 0.3 is 0 Å². The summed E-state index contributed by atoms with van der Waals surface area (Å²) in [5.41, 5.74) is 0.692. The van der Waals surface area contributed by atoms with Crippen LogP contribution in [0.25, 0.3) is 0 Å². The summed E-state index contributed by atoms with van der Waals surface area (Å²) in [6.07, 6.45) is 1.86. The van der Waals surface area contributed by atoms with Crippen LogP contribution in [-0.2, 0) is 4.79 Å². The second-order valence-electron chi connectivity index (χ2n) is 4.66. The third kappa shape index (κ3) is 3.80. The summed E-state index contributed by atoms with van der Waals surface area (Å²) in [6.45, 7) is 0.429. The maximum atomic E-state index is 13.1. The van der Waals surface area contributed by atoms with Crippen LogP contribution in [0.4, 0.5) is 4.39 Å². The van der Waals surface area contributed by atoms with Gasteiger partial charge in [-0.1, -0.05) is 11.6 Å². The Bertz CT molecular complexity index is 604. The molecule has 7 heteroatoms. The van der Waals surface area contributed by atoms with Gasteiger partial charge in [0.2, 0.25) is 0 Å². The zero-order valence-corrected chi connectivity index (χ0v) is 11.9. The summed E-state index contributed by atoms with van der Waals surface area (Å²) >= 11 is 5.68. The quantitative estimate of drug-likeness (QED) is 0.498. The zero-order chi connectivity index (χ0) is 15.4. The van der Waals surface area contributed by atoms with Crippen LogP contribution in [0.1, 0.15) is 12.0 Å². The van der Waals surface area contributed by atoms with Gasteiger partial charge in [-0.25, -0.2) is 4.39 Å². The molecular formula is C14H15ClFN3O2. The van der Waals surface area contributed by atoms with Crippen molar-refractivity contribution in [3.8, 4) is 0 Å². The largest absolute Gasteiger partial charge is 0.396 e. The Morgan fingerprint density at radius 3 is 3.00 bits per heavy atom. The number of nitrogens with one attached hydrogen (secondary N) is 3. The van der Waals surface area contributed by atoms with Crippen molar-refractivity contribution in [2.75, 3.05) is 13.2 Å². The van der Waals surface area contributed by atoms with Gasteiger partial charge in [-0.05, 0) is 30.7 Å². The average molecular weight is 312 g/mol. The molecule has 0 spiro atoms. The van der Waals surface area contributed by atoms with Crippen molar-refractivity contribution in [2.45, 2.75) is 12.5 Å². The third-order valence-corrected chi connectivity index (χ3v) is 3.40. The second-order valence-corrected chi connectivity index (χ2v) is 5.07. The van der Waals surface area contributed by atoms with Crippen molar-refractivity contribution in [2.24, 2.45) is 0 Å². The standard InChI is InChI=1S/C14H15ClFN3O2/c15-10-5-8(1-2-11(10)16)12(17)6-13-14(21)18-7-9(19-13)3-4-20/h1-2,5-6,9,17,19-20H,3-4,7H2,(H,18,21)/b13-6-,17-12?. The number of aliphatic hydroxyl groups excluding tert-OH is 1. The molecule has 1 atom stereocenters. The Labute approximate surface area is 126 Å². The number of benzene rings is 1. The Balaban J connectivity index is 2.18. The van der Waals surface area contributed by atoms with E-state index in [-0.39, 0.29) is 35.0 Å². The lowest BCUT2D eigenvalue weighted by Gasteiger charge is -2.26. The Morgan fingerprint density at radius 1 is 1.57 bits per heavy atom. The summed E-state index contributed by atoms with van der Waals surface area (Å²) in [6, 6.07) is 3.85. The van der Waals surface area contributed by atoms with Gasteiger partial charge in [-0.3, -0.25) is 4.79 Å². The highest BCUT2D eigenvalue weighted by molar-refractivity contribution is 6.31. The first-order valence-electron chi connectivity index (χ1n) is 6.42. The Hall–Kier alpha value is -1.92. The topological polar surface area (TPSA) is 85.2 Å². The molecule has 1 amide bonds. The Kier molecular flexibility index (Phi) is 4.93. The number of hydrogen-bond donors (Lipinski definition) is 4. The lowest BCUT2D eigenvalue weighted by Crippen LogP contribution is -2.50. The molecule has 1 aliphatic heterocycles. The predicted molar refractivity (Wildman–Crippen MR) is 78.0 cm³/mol. The van der Waals surface area contributed by atoms with Gasteiger partial charge in [0.25, 0.3) is 5.91 Å². The molecule has 5 nitrogen and oxygen atoms in total. The highest BCUT2D eigenvalue weighted by Gasteiger charge is 2.21. The van der Waals surface area contributed by atoms with Crippen LogP contribution >= 0.6 is 11.6 Å². The highest BCUT2D eigenvalue weighted by atomic mass is 35.5. The number of rotatable bonds is 4. The van der Waals surface area contributed by atoms with Crippen LogP contribution in [0.3, 0.4) is 0 Å². The molecule has 1 fully saturated rings. The molecule has 0 aromatic heterocycles. The molecule has 1 heterocycles. The minimum absolute atomic E-state index is 0.00579. The molecule has 0 radical (unpaired) electrons. The monoisotopic (exact) mass is 311 g/mol. The number of piperazine rings is 1. The normalized spacial score (nSPS) is 20.0. The minimum atomic E-state index is -0.558. The van der Waals surface area contributed by atoms with Crippen LogP contribution in [0.5, 0.6) is 0 Å².